The summed E-state index contributed by atoms with van der Waals surface area (Å²) in [5.74, 6) is 2.99. The Morgan fingerprint density at radius 1 is 1.62 bits per heavy atom. The van der Waals surface area contributed by atoms with Crippen molar-refractivity contribution < 1.29 is 23.7 Å². The van der Waals surface area contributed by atoms with Crippen molar-refractivity contribution in [3.8, 4) is 0 Å². The van der Waals surface area contributed by atoms with Gasteiger partial charge >= 0.3 is 0 Å². The first kappa shape index (κ1) is 10.7. The van der Waals surface area contributed by atoms with Crippen LogP contribution in [-0.2, 0) is 15.0 Å². The summed E-state index contributed by atoms with van der Waals surface area (Å²) >= 11 is 0. The zero-order valence-electron chi connectivity index (χ0n) is 4.75. The molecule has 0 saturated carbocycles. The summed E-state index contributed by atoms with van der Waals surface area (Å²) in [7, 11) is -2.40. The van der Waals surface area contributed by atoms with E-state index in [9.17, 15) is 0 Å². The van der Waals surface area contributed by atoms with Crippen molar-refractivity contribution in [2.45, 2.75) is 0 Å². The fraction of sp³-hybridized carbons (Fsp3) is 1.00. The van der Waals surface area contributed by atoms with Crippen LogP contribution < -0.4 is 5.90 Å². The molecule has 0 aliphatic carbocycles. The first-order valence-electron chi connectivity index (χ1n) is 1.61. The Hall–Kier alpha value is -0.170. The molecule has 0 heterocycles. The van der Waals surface area contributed by atoms with Crippen LogP contribution >= 0.6 is 0 Å². The van der Waals surface area contributed by atoms with E-state index in [1.165, 1.54) is 7.11 Å². The number of hydrogen-bond acceptors (Lipinski definition) is 4. The molecule has 0 saturated heterocycles. The highest BCUT2D eigenvalue weighted by Crippen LogP contribution is 1.59. The molecular weight excluding hydrogens is 134 g/mol. The van der Waals surface area contributed by atoms with Crippen molar-refractivity contribution in [3.63, 3.8) is 0 Å². The van der Waals surface area contributed by atoms with Crippen LogP contribution in [0.4, 0.5) is 0 Å². The molecule has 6 heteroatoms. The molecule has 0 aliphatic rings. The van der Waals surface area contributed by atoms with Crippen LogP contribution in [0.3, 0.4) is 0 Å². The SMILES string of the molecule is CO[NH3+].CS(=O)(=O)[O-]. The highest BCUT2D eigenvalue weighted by Gasteiger charge is 1.65. The van der Waals surface area contributed by atoms with Gasteiger partial charge in [-0.05, 0) is 0 Å². The van der Waals surface area contributed by atoms with E-state index >= 15 is 0 Å². The molecule has 0 aromatic rings. The highest BCUT2D eigenvalue weighted by atomic mass is 32.2. The van der Waals surface area contributed by atoms with E-state index in [2.05, 4.69) is 10.7 Å². The number of quaternary nitrogens is 1. The Kier molecular flexibility index (Phi) is 6.68. The monoisotopic (exact) mass is 143 g/mol. The summed E-state index contributed by atoms with van der Waals surface area (Å²) in [5.41, 5.74) is 0. The molecule has 5 nitrogen and oxygen atoms in total. The van der Waals surface area contributed by atoms with E-state index < -0.39 is 10.1 Å². The van der Waals surface area contributed by atoms with Crippen molar-refractivity contribution >= 4 is 10.1 Å². The summed E-state index contributed by atoms with van der Waals surface area (Å²) < 4.78 is 27.2. The van der Waals surface area contributed by atoms with Crippen LogP contribution in [0.1, 0.15) is 0 Å². The minimum absolute atomic E-state index is 0.604. The first-order valence-corrected chi connectivity index (χ1v) is 3.42. The lowest BCUT2D eigenvalue weighted by Crippen LogP contribution is -2.46. The van der Waals surface area contributed by atoms with Gasteiger partial charge in [0.15, 0.2) is 0 Å². The quantitative estimate of drug-likeness (QED) is 0.312. The van der Waals surface area contributed by atoms with E-state index in [4.69, 9.17) is 13.0 Å². The van der Waals surface area contributed by atoms with Crippen molar-refractivity contribution in [1.29, 1.82) is 0 Å². The minimum atomic E-state index is -3.92. The van der Waals surface area contributed by atoms with Gasteiger partial charge in [-0.25, -0.2) is 19.2 Å². The molecular formula is C2H9NO4S. The van der Waals surface area contributed by atoms with Gasteiger partial charge in [-0.2, -0.15) is 0 Å². The zero-order chi connectivity index (χ0) is 7.21. The smallest absolute Gasteiger partial charge is 0.0951 e. The second-order valence-electron chi connectivity index (χ2n) is 0.993. The summed E-state index contributed by atoms with van der Waals surface area (Å²) in [6.45, 7) is 0. The van der Waals surface area contributed by atoms with Gasteiger partial charge in [-0.15, -0.1) is 0 Å². The molecule has 0 fully saturated rings. The Bertz CT molecular complexity index is 108. The largest absolute Gasteiger partial charge is 0.748 e. The molecule has 0 atom stereocenters. The molecule has 0 aromatic carbocycles. The van der Waals surface area contributed by atoms with Crippen LogP contribution in [-0.4, -0.2) is 26.3 Å². The average Bonchev–Trinajstić information content (AvgIpc) is 1.27. The van der Waals surface area contributed by atoms with E-state index in [1.54, 1.807) is 0 Å². The third-order valence-electron chi connectivity index (χ3n) is 0. The van der Waals surface area contributed by atoms with Crippen LogP contribution in [0.5, 0.6) is 0 Å². The normalized spacial score (nSPS) is 9.50. The van der Waals surface area contributed by atoms with E-state index in [0.717, 1.165) is 0 Å². The topological polar surface area (TPSA) is 94.1 Å². The second-order valence-corrected chi connectivity index (χ2v) is 2.40. The Labute approximate surface area is 48.1 Å². The fourth-order valence-corrected chi connectivity index (χ4v) is 0. The molecule has 0 amide bonds. The molecule has 0 aromatic heterocycles. The summed E-state index contributed by atoms with van der Waals surface area (Å²) in [6.07, 6.45) is 0.604. The van der Waals surface area contributed by atoms with Gasteiger partial charge in [-0.1, -0.05) is 0 Å². The zero-order valence-corrected chi connectivity index (χ0v) is 5.56. The van der Waals surface area contributed by atoms with Crippen molar-refractivity contribution in [1.82, 2.24) is 0 Å². The van der Waals surface area contributed by atoms with Gasteiger partial charge in [0.1, 0.15) is 0 Å². The summed E-state index contributed by atoms with van der Waals surface area (Å²) in [4.78, 5) is 4.00. The Morgan fingerprint density at radius 3 is 1.62 bits per heavy atom. The fourth-order valence-electron chi connectivity index (χ4n) is 0. The number of hydrogen-bond donors (Lipinski definition) is 1. The van der Waals surface area contributed by atoms with Crippen molar-refractivity contribution in [2.24, 2.45) is 0 Å². The van der Waals surface area contributed by atoms with Crippen LogP contribution in [0, 0.1) is 0 Å². The van der Waals surface area contributed by atoms with Crippen LogP contribution in [0.15, 0.2) is 0 Å². The van der Waals surface area contributed by atoms with Gasteiger partial charge in [0, 0.05) is 6.26 Å². The lowest BCUT2D eigenvalue weighted by Gasteiger charge is -1.90. The third-order valence-corrected chi connectivity index (χ3v) is 0. The van der Waals surface area contributed by atoms with Gasteiger partial charge in [0.05, 0.1) is 17.2 Å². The molecule has 0 radical (unpaired) electrons. The van der Waals surface area contributed by atoms with Gasteiger partial charge in [0.2, 0.25) is 0 Å². The van der Waals surface area contributed by atoms with Gasteiger partial charge < -0.3 is 4.55 Å². The van der Waals surface area contributed by atoms with Gasteiger partial charge in [-0.3, -0.25) is 0 Å². The van der Waals surface area contributed by atoms with Crippen molar-refractivity contribution in [3.05, 3.63) is 0 Å². The number of rotatable bonds is 0. The first-order chi connectivity index (χ1) is 3.41. The van der Waals surface area contributed by atoms with E-state index in [0.29, 0.717) is 6.26 Å². The molecule has 0 spiro atoms. The average molecular weight is 143 g/mol. The van der Waals surface area contributed by atoms with Crippen molar-refractivity contribution in [2.75, 3.05) is 13.4 Å². The second kappa shape index (κ2) is 4.98. The lowest BCUT2D eigenvalue weighted by molar-refractivity contribution is -0.679. The predicted molar refractivity (Wildman–Crippen MR) is 25.5 cm³/mol. The maximum atomic E-state index is 9.08. The Morgan fingerprint density at radius 2 is 1.62 bits per heavy atom. The summed E-state index contributed by atoms with van der Waals surface area (Å²) in [6, 6.07) is 0. The van der Waals surface area contributed by atoms with Gasteiger partial charge in [0.25, 0.3) is 0 Å². The Balaban J connectivity index is 0. The van der Waals surface area contributed by atoms with E-state index in [-0.39, 0.29) is 0 Å². The standard InChI is InChI=1S/CH6NO.CH4O3S/c1-3-2;1-5(2,3)4/h1-2H3;1H3,(H,2,3,4)/q+1;/p-1. The van der Waals surface area contributed by atoms with Crippen LogP contribution in [0.25, 0.3) is 0 Å². The third kappa shape index (κ3) is 4710. The molecule has 52 valence electrons. The maximum absolute atomic E-state index is 9.08. The lowest BCUT2D eigenvalue weighted by atomic mass is 11.7. The van der Waals surface area contributed by atoms with Crippen LogP contribution in [0.2, 0.25) is 0 Å². The molecule has 0 rings (SSSR count). The highest BCUT2D eigenvalue weighted by molar-refractivity contribution is 7.84. The molecule has 8 heavy (non-hydrogen) atoms. The van der Waals surface area contributed by atoms with E-state index in [1.807, 2.05) is 0 Å². The molecule has 0 bridgehead atoms. The summed E-state index contributed by atoms with van der Waals surface area (Å²) in [5, 5.41) is 0. The molecule has 0 unspecified atom stereocenters. The maximum Gasteiger partial charge on any atom is 0.0951 e. The predicted octanol–water partition coefficient (Wildman–Crippen LogP) is -2.05. The minimum Gasteiger partial charge on any atom is -0.748 e. The molecule has 3 N–H and O–H groups in total. The molecule has 0 aliphatic heterocycles.